The quantitative estimate of drug-likeness (QED) is 0.911. The number of benzene rings is 2. The van der Waals surface area contributed by atoms with Gasteiger partial charge in [-0.05, 0) is 43.3 Å². The number of primary amides is 1. The largest absolute Gasteiger partial charge is 0.368 e. The number of sulfonamides is 1. The Balaban J connectivity index is 2.50. The van der Waals surface area contributed by atoms with Gasteiger partial charge in [0.05, 0.1) is 10.6 Å². The molecule has 2 aromatic rings. The van der Waals surface area contributed by atoms with Gasteiger partial charge < -0.3 is 5.73 Å². The van der Waals surface area contributed by atoms with Gasteiger partial charge in [-0.2, -0.15) is 0 Å². The standard InChI is InChI=1S/C15H15FN2O3S/c1-11-2-8-14(9-3-11)22(20,21)18(10-15(17)19)13-6-4-12(16)5-7-13/h2-9H,10H2,1H3,(H2,17,19). The molecule has 2 N–H and O–H groups in total. The molecule has 0 spiro atoms. The van der Waals surface area contributed by atoms with Gasteiger partial charge in [0, 0.05) is 0 Å². The summed E-state index contributed by atoms with van der Waals surface area (Å²) < 4.78 is 39.3. The van der Waals surface area contributed by atoms with Crippen molar-refractivity contribution >= 4 is 21.6 Å². The molecule has 0 aromatic heterocycles. The third kappa shape index (κ3) is 3.43. The number of nitrogens with zero attached hydrogens (tertiary/aromatic N) is 1. The fraction of sp³-hybridized carbons (Fsp3) is 0.133. The van der Waals surface area contributed by atoms with Crippen molar-refractivity contribution < 1.29 is 17.6 Å². The summed E-state index contributed by atoms with van der Waals surface area (Å²) in [7, 11) is -3.97. The number of carbonyl (C=O) groups is 1. The van der Waals surface area contributed by atoms with Crippen molar-refractivity contribution in [2.45, 2.75) is 11.8 Å². The number of hydrogen-bond acceptors (Lipinski definition) is 3. The smallest absolute Gasteiger partial charge is 0.264 e. The fourth-order valence-electron chi connectivity index (χ4n) is 1.90. The van der Waals surface area contributed by atoms with E-state index in [-0.39, 0.29) is 10.6 Å². The molecule has 0 saturated carbocycles. The van der Waals surface area contributed by atoms with Crippen LogP contribution in [0, 0.1) is 12.7 Å². The van der Waals surface area contributed by atoms with Gasteiger partial charge in [-0.15, -0.1) is 0 Å². The summed E-state index contributed by atoms with van der Waals surface area (Å²) in [5.74, 6) is -1.31. The van der Waals surface area contributed by atoms with Crippen LogP contribution in [0.15, 0.2) is 53.4 Å². The first kappa shape index (κ1) is 16.0. The van der Waals surface area contributed by atoms with Crippen LogP contribution in [0.25, 0.3) is 0 Å². The van der Waals surface area contributed by atoms with Crippen molar-refractivity contribution in [3.8, 4) is 0 Å². The number of carbonyl (C=O) groups excluding carboxylic acids is 1. The Hall–Kier alpha value is -2.41. The molecule has 7 heteroatoms. The number of hydrogen-bond donors (Lipinski definition) is 1. The minimum Gasteiger partial charge on any atom is -0.368 e. The summed E-state index contributed by atoms with van der Waals surface area (Å²) in [5, 5.41) is 0. The molecule has 0 aliphatic heterocycles. The van der Waals surface area contributed by atoms with E-state index >= 15 is 0 Å². The van der Waals surface area contributed by atoms with Crippen LogP contribution in [0.3, 0.4) is 0 Å². The molecule has 0 aliphatic rings. The third-order valence-corrected chi connectivity index (χ3v) is 4.81. The molecule has 0 radical (unpaired) electrons. The summed E-state index contributed by atoms with van der Waals surface area (Å²) in [6.07, 6.45) is 0. The lowest BCUT2D eigenvalue weighted by molar-refractivity contribution is -0.116. The average molecular weight is 322 g/mol. The second kappa shape index (κ2) is 6.15. The van der Waals surface area contributed by atoms with E-state index in [1.54, 1.807) is 12.1 Å². The van der Waals surface area contributed by atoms with Crippen molar-refractivity contribution in [3.05, 3.63) is 59.9 Å². The van der Waals surface area contributed by atoms with Crippen LogP contribution in [-0.2, 0) is 14.8 Å². The highest BCUT2D eigenvalue weighted by atomic mass is 32.2. The van der Waals surface area contributed by atoms with Gasteiger partial charge in [0.2, 0.25) is 5.91 Å². The predicted octanol–water partition coefficient (Wildman–Crippen LogP) is 1.81. The van der Waals surface area contributed by atoms with Crippen molar-refractivity contribution in [2.24, 2.45) is 5.73 Å². The molecule has 116 valence electrons. The second-order valence-electron chi connectivity index (χ2n) is 4.77. The number of nitrogens with two attached hydrogens (primary N) is 1. The van der Waals surface area contributed by atoms with E-state index in [0.29, 0.717) is 0 Å². The van der Waals surface area contributed by atoms with Gasteiger partial charge in [-0.25, -0.2) is 12.8 Å². The van der Waals surface area contributed by atoms with E-state index in [9.17, 15) is 17.6 Å². The zero-order valence-corrected chi connectivity index (χ0v) is 12.7. The second-order valence-corrected chi connectivity index (χ2v) is 6.63. The van der Waals surface area contributed by atoms with Gasteiger partial charge in [0.15, 0.2) is 0 Å². The van der Waals surface area contributed by atoms with Crippen LogP contribution in [0.1, 0.15) is 5.56 Å². The highest BCUT2D eigenvalue weighted by Crippen LogP contribution is 2.23. The van der Waals surface area contributed by atoms with Crippen LogP contribution < -0.4 is 10.0 Å². The Morgan fingerprint density at radius 2 is 1.64 bits per heavy atom. The minimum atomic E-state index is -3.97. The number of amides is 1. The van der Waals surface area contributed by atoms with Crippen LogP contribution >= 0.6 is 0 Å². The van der Waals surface area contributed by atoms with Crippen molar-refractivity contribution in [3.63, 3.8) is 0 Å². The Morgan fingerprint density at radius 3 is 2.14 bits per heavy atom. The topological polar surface area (TPSA) is 80.5 Å². The molecule has 0 unspecified atom stereocenters. The summed E-state index contributed by atoms with van der Waals surface area (Å²) in [5.41, 5.74) is 6.21. The van der Waals surface area contributed by atoms with Crippen molar-refractivity contribution in [2.75, 3.05) is 10.8 Å². The predicted molar refractivity (Wildman–Crippen MR) is 81.3 cm³/mol. The molecular formula is C15H15FN2O3S. The van der Waals surface area contributed by atoms with Crippen molar-refractivity contribution in [1.29, 1.82) is 0 Å². The van der Waals surface area contributed by atoms with E-state index in [1.807, 2.05) is 6.92 Å². The lowest BCUT2D eigenvalue weighted by Gasteiger charge is -2.23. The molecule has 0 fully saturated rings. The van der Waals surface area contributed by atoms with Gasteiger partial charge in [-0.3, -0.25) is 9.10 Å². The molecule has 22 heavy (non-hydrogen) atoms. The van der Waals surface area contributed by atoms with Crippen LogP contribution in [0.5, 0.6) is 0 Å². The highest BCUT2D eigenvalue weighted by Gasteiger charge is 2.26. The Kier molecular flexibility index (Phi) is 4.46. The van der Waals surface area contributed by atoms with Crippen LogP contribution in [-0.4, -0.2) is 20.9 Å². The Labute approximate surface area is 128 Å². The molecule has 2 rings (SSSR count). The fourth-order valence-corrected chi connectivity index (χ4v) is 3.33. The first-order valence-electron chi connectivity index (χ1n) is 6.44. The SMILES string of the molecule is Cc1ccc(S(=O)(=O)N(CC(N)=O)c2ccc(F)cc2)cc1. The Bertz CT molecular complexity index is 771. The molecule has 0 bridgehead atoms. The van der Waals surface area contributed by atoms with E-state index in [0.717, 1.165) is 22.0 Å². The maximum absolute atomic E-state index is 13.0. The number of rotatable bonds is 5. The molecule has 0 aliphatic carbocycles. The lowest BCUT2D eigenvalue weighted by atomic mass is 10.2. The van der Waals surface area contributed by atoms with E-state index in [4.69, 9.17) is 5.73 Å². The summed E-state index contributed by atoms with van der Waals surface area (Å²) >= 11 is 0. The van der Waals surface area contributed by atoms with Gasteiger partial charge in [0.1, 0.15) is 12.4 Å². The number of aryl methyl sites for hydroxylation is 1. The molecule has 0 heterocycles. The first-order valence-corrected chi connectivity index (χ1v) is 7.88. The average Bonchev–Trinajstić information content (AvgIpc) is 2.46. The number of anilines is 1. The Morgan fingerprint density at radius 1 is 1.09 bits per heavy atom. The van der Waals surface area contributed by atoms with Gasteiger partial charge in [0.25, 0.3) is 10.0 Å². The lowest BCUT2D eigenvalue weighted by Crippen LogP contribution is -2.38. The van der Waals surface area contributed by atoms with Gasteiger partial charge in [-0.1, -0.05) is 17.7 Å². The van der Waals surface area contributed by atoms with Crippen LogP contribution in [0.4, 0.5) is 10.1 Å². The normalized spacial score (nSPS) is 11.2. The maximum Gasteiger partial charge on any atom is 0.264 e. The van der Waals surface area contributed by atoms with E-state index in [1.165, 1.54) is 24.3 Å². The third-order valence-electron chi connectivity index (χ3n) is 3.02. The van der Waals surface area contributed by atoms with E-state index in [2.05, 4.69) is 0 Å². The summed E-state index contributed by atoms with van der Waals surface area (Å²) in [6, 6.07) is 11.0. The summed E-state index contributed by atoms with van der Waals surface area (Å²) in [6.45, 7) is 1.30. The van der Waals surface area contributed by atoms with Crippen molar-refractivity contribution in [1.82, 2.24) is 0 Å². The maximum atomic E-state index is 13.0. The monoisotopic (exact) mass is 322 g/mol. The molecule has 2 aromatic carbocycles. The molecular weight excluding hydrogens is 307 g/mol. The first-order chi connectivity index (χ1) is 10.3. The zero-order chi connectivity index (χ0) is 16.3. The zero-order valence-electron chi connectivity index (χ0n) is 11.9. The minimum absolute atomic E-state index is 0.0312. The van der Waals surface area contributed by atoms with Gasteiger partial charge >= 0.3 is 0 Å². The van der Waals surface area contributed by atoms with E-state index < -0.39 is 28.3 Å². The number of halogens is 1. The molecule has 0 saturated heterocycles. The molecule has 0 atom stereocenters. The summed E-state index contributed by atoms with van der Waals surface area (Å²) in [4.78, 5) is 11.3. The highest BCUT2D eigenvalue weighted by molar-refractivity contribution is 7.92. The van der Waals surface area contributed by atoms with Crippen LogP contribution in [0.2, 0.25) is 0 Å². The molecule has 1 amide bonds. The molecule has 5 nitrogen and oxygen atoms in total.